The number of nitrogens with zero attached hydrogens (tertiary/aromatic N) is 1. The lowest BCUT2D eigenvalue weighted by molar-refractivity contribution is -0.383. The molecule has 1 N–H and O–H groups in total. The van der Waals surface area contributed by atoms with E-state index in [1.54, 1.807) is 12.1 Å². The minimum absolute atomic E-state index is 0.108. The molecule has 2 rings (SSSR count). The molecule has 0 saturated carbocycles. The SMILES string of the molecule is O=[N+]([O-])c1c(Cl)cccc1Nc1ccc(I)cc1Br. The fourth-order valence-corrected chi connectivity index (χ4v) is 3.18. The number of nitrogens with one attached hydrogen (secondary N) is 1. The maximum atomic E-state index is 11.0. The third kappa shape index (κ3) is 3.37. The van der Waals surface area contributed by atoms with E-state index in [4.69, 9.17) is 11.6 Å². The fourth-order valence-electron chi connectivity index (χ4n) is 1.54. The molecule has 0 bridgehead atoms. The van der Waals surface area contributed by atoms with Crippen LogP contribution in [0.1, 0.15) is 0 Å². The molecule has 2 aromatic rings. The average molecular weight is 453 g/mol. The zero-order valence-corrected chi connectivity index (χ0v) is 13.9. The molecular weight excluding hydrogens is 446 g/mol. The lowest BCUT2D eigenvalue weighted by Crippen LogP contribution is -1.98. The molecule has 0 atom stereocenters. The summed E-state index contributed by atoms with van der Waals surface area (Å²) in [5.74, 6) is 0. The van der Waals surface area contributed by atoms with Crippen LogP contribution < -0.4 is 5.32 Å². The van der Waals surface area contributed by atoms with Crippen molar-refractivity contribution in [3.8, 4) is 0 Å². The minimum Gasteiger partial charge on any atom is -0.349 e. The first kappa shape index (κ1) is 14.5. The fraction of sp³-hybridized carbons (Fsp3) is 0. The van der Waals surface area contributed by atoms with Gasteiger partial charge in [0.1, 0.15) is 10.7 Å². The maximum Gasteiger partial charge on any atom is 0.311 e. The van der Waals surface area contributed by atoms with Gasteiger partial charge in [0.15, 0.2) is 0 Å². The molecule has 0 radical (unpaired) electrons. The summed E-state index contributed by atoms with van der Waals surface area (Å²) in [5, 5.41) is 14.2. The Hall–Kier alpha value is -0.860. The lowest BCUT2D eigenvalue weighted by Gasteiger charge is -2.10. The van der Waals surface area contributed by atoms with Gasteiger partial charge in [-0.05, 0) is 68.9 Å². The molecule has 2 aromatic carbocycles. The monoisotopic (exact) mass is 452 g/mol. The Balaban J connectivity index is 2.44. The molecule has 0 unspecified atom stereocenters. The van der Waals surface area contributed by atoms with E-state index in [2.05, 4.69) is 43.8 Å². The van der Waals surface area contributed by atoms with Gasteiger partial charge in [-0.3, -0.25) is 10.1 Å². The molecule has 0 amide bonds. The van der Waals surface area contributed by atoms with Gasteiger partial charge < -0.3 is 5.32 Å². The van der Waals surface area contributed by atoms with Crippen LogP contribution in [0.3, 0.4) is 0 Å². The maximum absolute atomic E-state index is 11.0. The first-order valence-electron chi connectivity index (χ1n) is 5.14. The van der Waals surface area contributed by atoms with Gasteiger partial charge in [0.05, 0.1) is 10.6 Å². The van der Waals surface area contributed by atoms with Gasteiger partial charge in [-0.2, -0.15) is 0 Å². The molecule has 0 fully saturated rings. The number of para-hydroxylation sites is 1. The summed E-state index contributed by atoms with van der Waals surface area (Å²) in [5.41, 5.74) is 0.972. The number of anilines is 2. The van der Waals surface area contributed by atoms with Crippen LogP contribution in [0.15, 0.2) is 40.9 Å². The highest BCUT2D eigenvalue weighted by Gasteiger charge is 2.18. The van der Waals surface area contributed by atoms with Gasteiger partial charge in [0, 0.05) is 8.04 Å². The molecule has 7 heteroatoms. The molecule has 0 aliphatic carbocycles. The zero-order chi connectivity index (χ0) is 14.0. The van der Waals surface area contributed by atoms with Crippen molar-refractivity contribution in [2.45, 2.75) is 0 Å². The van der Waals surface area contributed by atoms with Crippen molar-refractivity contribution >= 4 is 67.2 Å². The van der Waals surface area contributed by atoms with Crippen molar-refractivity contribution in [3.05, 3.63) is 59.6 Å². The second-order valence-electron chi connectivity index (χ2n) is 3.64. The Kier molecular flexibility index (Phi) is 4.64. The van der Waals surface area contributed by atoms with Gasteiger partial charge in [0.25, 0.3) is 0 Å². The predicted octanol–water partition coefficient (Wildman–Crippen LogP) is 5.36. The van der Waals surface area contributed by atoms with Crippen molar-refractivity contribution in [2.24, 2.45) is 0 Å². The third-order valence-corrected chi connectivity index (χ3v) is 4.00. The van der Waals surface area contributed by atoms with Crippen LogP contribution in [-0.4, -0.2) is 4.92 Å². The number of benzene rings is 2. The highest BCUT2D eigenvalue weighted by atomic mass is 127. The smallest absolute Gasteiger partial charge is 0.311 e. The van der Waals surface area contributed by atoms with E-state index in [1.165, 1.54) is 6.07 Å². The minimum atomic E-state index is -0.495. The second kappa shape index (κ2) is 6.06. The van der Waals surface area contributed by atoms with Crippen molar-refractivity contribution in [2.75, 3.05) is 5.32 Å². The van der Waals surface area contributed by atoms with Crippen LogP contribution in [0.4, 0.5) is 17.1 Å². The standard InChI is InChI=1S/C12H7BrClIN2O2/c13-8-6-7(15)4-5-10(8)16-11-3-1-2-9(14)12(11)17(18)19/h1-6,16H. The van der Waals surface area contributed by atoms with Crippen LogP contribution in [-0.2, 0) is 0 Å². The van der Waals surface area contributed by atoms with E-state index in [1.807, 2.05) is 18.2 Å². The van der Waals surface area contributed by atoms with Gasteiger partial charge in [-0.25, -0.2) is 0 Å². The van der Waals surface area contributed by atoms with Crippen LogP contribution in [0.5, 0.6) is 0 Å². The first-order chi connectivity index (χ1) is 8.99. The van der Waals surface area contributed by atoms with E-state index < -0.39 is 4.92 Å². The van der Waals surface area contributed by atoms with Crippen LogP contribution in [0, 0.1) is 13.7 Å². The molecule has 0 heterocycles. The second-order valence-corrected chi connectivity index (χ2v) is 6.15. The number of nitro groups is 1. The largest absolute Gasteiger partial charge is 0.349 e. The van der Waals surface area contributed by atoms with E-state index >= 15 is 0 Å². The number of nitro benzene ring substituents is 1. The van der Waals surface area contributed by atoms with Crippen LogP contribution in [0.2, 0.25) is 5.02 Å². The molecule has 0 aromatic heterocycles. The molecular formula is C12H7BrClIN2O2. The summed E-state index contributed by atoms with van der Waals surface area (Å²) in [6.45, 7) is 0. The van der Waals surface area contributed by atoms with Crippen LogP contribution >= 0.6 is 50.1 Å². The molecule has 0 aliphatic rings. The summed E-state index contributed by atoms with van der Waals surface area (Å²) in [6.07, 6.45) is 0. The summed E-state index contributed by atoms with van der Waals surface area (Å²) in [6, 6.07) is 10.4. The Labute approximate surface area is 136 Å². The Morgan fingerprint density at radius 2 is 2.00 bits per heavy atom. The summed E-state index contributed by atoms with van der Waals surface area (Å²) >= 11 is 11.5. The van der Waals surface area contributed by atoms with Gasteiger partial charge >= 0.3 is 5.69 Å². The van der Waals surface area contributed by atoms with Gasteiger partial charge in [0.2, 0.25) is 0 Å². The summed E-state index contributed by atoms with van der Waals surface area (Å²) in [4.78, 5) is 10.5. The molecule has 0 spiro atoms. The average Bonchev–Trinajstić information content (AvgIpc) is 2.32. The predicted molar refractivity (Wildman–Crippen MR) is 88.2 cm³/mol. The van der Waals surface area contributed by atoms with Crippen molar-refractivity contribution < 1.29 is 4.92 Å². The number of hydrogen-bond acceptors (Lipinski definition) is 3. The first-order valence-corrected chi connectivity index (χ1v) is 7.39. The highest BCUT2D eigenvalue weighted by molar-refractivity contribution is 14.1. The normalized spacial score (nSPS) is 10.3. The van der Waals surface area contributed by atoms with E-state index in [-0.39, 0.29) is 10.7 Å². The van der Waals surface area contributed by atoms with Crippen molar-refractivity contribution in [3.63, 3.8) is 0 Å². The Morgan fingerprint density at radius 3 is 2.63 bits per heavy atom. The zero-order valence-electron chi connectivity index (χ0n) is 9.36. The molecule has 98 valence electrons. The Bertz CT molecular complexity index is 652. The molecule has 0 saturated heterocycles. The quantitative estimate of drug-likeness (QED) is 0.387. The van der Waals surface area contributed by atoms with Crippen molar-refractivity contribution in [1.82, 2.24) is 0 Å². The van der Waals surface area contributed by atoms with Crippen LogP contribution in [0.25, 0.3) is 0 Å². The summed E-state index contributed by atoms with van der Waals surface area (Å²) < 4.78 is 1.89. The van der Waals surface area contributed by atoms with Gasteiger partial charge in [-0.1, -0.05) is 17.7 Å². The molecule has 4 nitrogen and oxygen atoms in total. The molecule has 0 aliphatic heterocycles. The topological polar surface area (TPSA) is 55.2 Å². The molecule has 19 heavy (non-hydrogen) atoms. The summed E-state index contributed by atoms with van der Waals surface area (Å²) in [7, 11) is 0. The lowest BCUT2D eigenvalue weighted by atomic mass is 10.2. The van der Waals surface area contributed by atoms with E-state index in [0.29, 0.717) is 5.69 Å². The van der Waals surface area contributed by atoms with Crippen molar-refractivity contribution in [1.29, 1.82) is 0 Å². The number of hydrogen-bond donors (Lipinski definition) is 1. The van der Waals surface area contributed by atoms with Gasteiger partial charge in [-0.15, -0.1) is 0 Å². The highest BCUT2D eigenvalue weighted by Crippen LogP contribution is 2.36. The van der Waals surface area contributed by atoms with E-state index in [0.717, 1.165) is 13.7 Å². The number of halogens is 3. The Morgan fingerprint density at radius 1 is 1.26 bits per heavy atom. The number of rotatable bonds is 3. The van der Waals surface area contributed by atoms with E-state index in [9.17, 15) is 10.1 Å². The third-order valence-electron chi connectivity index (χ3n) is 2.37.